The van der Waals surface area contributed by atoms with Gasteiger partial charge < -0.3 is 9.64 Å². The SMILES string of the molecule is O=S(=O)(CCOc1ccc(F)cc1)Nc1ccc(N2CCCC2)cc1. The van der Waals surface area contributed by atoms with Crippen LogP contribution in [0.2, 0.25) is 0 Å². The number of benzene rings is 2. The Balaban J connectivity index is 1.51. The minimum atomic E-state index is -3.51. The molecule has 1 N–H and O–H groups in total. The van der Waals surface area contributed by atoms with Crippen molar-refractivity contribution in [3.8, 4) is 5.75 Å². The van der Waals surface area contributed by atoms with Crippen LogP contribution in [-0.2, 0) is 10.0 Å². The Morgan fingerprint density at radius 3 is 2.28 bits per heavy atom. The van der Waals surface area contributed by atoms with Crippen LogP contribution in [0.4, 0.5) is 15.8 Å². The van der Waals surface area contributed by atoms with Gasteiger partial charge in [0.25, 0.3) is 0 Å². The molecule has 0 bridgehead atoms. The van der Waals surface area contributed by atoms with E-state index in [0.717, 1.165) is 18.8 Å². The number of hydrogen-bond donors (Lipinski definition) is 1. The van der Waals surface area contributed by atoms with E-state index < -0.39 is 10.0 Å². The third-order valence-corrected chi connectivity index (χ3v) is 5.30. The van der Waals surface area contributed by atoms with E-state index in [9.17, 15) is 12.8 Å². The number of sulfonamides is 1. The van der Waals surface area contributed by atoms with Gasteiger partial charge in [-0.2, -0.15) is 0 Å². The highest BCUT2D eigenvalue weighted by Crippen LogP contribution is 2.22. The second-order valence-electron chi connectivity index (χ2n) is 5.96. The van der Waals surface area contributed by atoms with Crippen LogP contribution in [0.25, 0.3) is 0 Å². The number of rotatable bonds is 7. The summed E-state index contributed by atoms with van der Waals surface area (Å²) in [6.45, 7) is 2.09. The molecule has 3 rings (SSSR count). The lowest BCUT2D eigenvalue weighted by Gasteiger charge is -2.18. The van der Waals surface area contributed by atoms with Crippen molar-refractivity contribution >= 4 is 21.4 Å². The van der Waals surface area contributed by atoms with Crippen LogP contribution in [-0.4, -0.2) is 33.9 Å². The second-order valence-corrected chi connectivity index (χ2v) is 7.81. The van der Waals surface area contributed by atoms with E-state index >= 15 is 0 Å². The van der Waals surface area contributed by atoms with E-state index in [1.54, 1.807) is 12.1 Å². The standard InChI is InChI=1S/C18H21FN2O3S/c19-15-3-9-18(10-4-15)24-13-14-25(22,23)20-16-5-7-17(8-6-16)21-11-1-2-12-21/h3-10,20H,1-2,11-14H2. The smallest absolute Gasteiger partial charge is 0.236 e. The van der Waals surface area contributed by atoms with Gasteiger partial charge in [-0.15, -0.1) is 0 Å². The molecule has 0 aliphatic carbocycles. The maximum Gasteiger partial charge on any atom is 0.236 e. The Morgan fingerprint density at radius 2 is 1.64 bits per heavy atom. The van der Waals surface area contributed by atoms with E-state index in [1.165, 1.54) is 37.1 Å². The van der Waals surface area contributed by atoms with Gasteiger partial charge in [0.2, 0.25) is 10.0 Å². The fourth-order valence-electron chi connectivity index (χ4n) is 2.75. The van der Waals surface area contributed by atoms with Gasteiger partial charge in [-0.3, -0.25) is 4.72 Å². The van der Waals surface area contributed by atoms with Crippen LogP contribution in [0.5, 0.6) is 5.75 Å². The lowest BCUT2D eigenvalue weighted by atomic mass is 10.2. The Labute approximate surface area is 147 Å². The molecule has 7 heteroatoms. The average Bonchev–Trinajstić information content (AvgIpc) is 3.11. The second kappa shape index (κ2) is 7.74. The molecule has 0 spiro atoms. The third kappa shape index (κ3) is 5.09. The molecule has 134 valence electrons. The summed E-state index contributed by atoms with van der Waals surface area (Å²) in [6, 6.07) is 12.9. The van der Waals surface area contributed by atoms with E-state index in [2.05, 4.69) is 9.62 Å². The number of anilines is 2. The Kier molecular flexibility index (Phi) is 5.43. The van der Waals surface area contributed by atoms with Crippen LogP contribution >= 0.6 is 0 Å². The number of nitrogens with zero attached hydrogens (tertiary/aromatic N) is 1. The van der Waals surface area contributed by atoms with Crippen molar-refractivity contribution in [1.82, 2.24) is 0 Å². The van der Waals surface area contributed by atoms with Gasteiger partial charge in [-0.1, -0.05) is 0 Å². The molecule has 1 fully saturated rings. The number of hydrogen-bond acceptors (Lipinski definition) is 4. The summed E-state index contributed by atoms with van der Waals surface area (Å²) in [5, 5.41) is 0. The largest absolute Gasteiger partial charge is 0.492 e. The fraction of sp³-hybridized carbons (Fsp3) is 0.333. The summed E-state index contributed by atoms with van der Waals surface area (Å²) >= 11 is 0. The first-order valence-corrected chi connectivity index (χ1v) is 9.91. The molecule has 0 radical (unpaired) electrons. The molecule has 25 heavy (non-hydrogen) atoms. The molecule has 2 aromatic carbocycles. The predicted octanol–water partition coefficient (Wildman–Crippen LogP) is 3.25. The van der Waals surface area contributed by atoms with Gasteiger partial charge in [0.1, 0.15) is 23.9 Å². The Hall–Kier alpha value is -2.28. The normalized spacial score (nSPS) is 14.5. The molecule has 0 saturated carbocycles. The van der Waals surface area contributed by atoms with Gasteiger partial charge in [0.15, 0.2) is 0 Å². The van der Waals surface area contributed by atoms with E-state index in [-0.39, 0.29) is 18.2 Å². The Bertz CT molecular complexity index is 786. The zero-order valence-corrected chi connectivity index (χ0v) is 14.6. The Morgan fingerprint density at radius 1 is 1.00 bits per heavy atom. The van der Waals surface area contributed by atoms with Gasteiger partial charge >= 0.3 is 0 Å². The molecule has 0 amide bonds. The minimum absolute atomic E-state index is 0.00712. The van der Waals surface area contributed by atoms with Crippen LogP contribution in [0, 0.1) is 5.82 Å². The number of nitrogens with one attached hydrogen (secondary N) is 1. The molecular formula is C18H21FN2O3S. The highest BCUT2D eigenvalue weighted by atomic mass is 32.2. The van der Waals surface area contributed by atoms with E-state index in [0.29, 0.717) is 11.4 Å². The predicted molar refractivity (Wildman–Crippen MR) is 97.2 cm³/mol. The van der Waals surface area contributed by atoms with Gasteiger partial charge in [-0.05, 0) is 61.4 Å². The maximum absolute atomic E-state index is 12.8. The lowest BCUT2D eigenvalue weighted by molar-refractivity contribution is 0.340. The molecule has 0 atom stereocenters. The van der Waals surface area contributed by atoms with Crippen LogP contribution in [0.15, 0.2) is 48.5 Å². The first-order chi connectivity index (χ1) is 12.0. The highest BCUT2D eigenvalue weighted by Gasteiger charge is 2.14. The minimum Gasteiger partial charge on any atom is -0.492 e. The topological polar surface area (TPSA) is 58.6 Å². The molecule has 1 aliphatic heterocycles. The summed E-state index contributed by atoms with van der Waals surface area (Å²) in [6.07, 6.45) is 2.39. The van der Waals surface area contributed by atoms with Gasteiger partial charge in [0.05, 0.1) is 0 Å². The first kappa shape index (κ1) is 17.5. The van der Waals surface area contributed by atoms with Crippen molar-refractivity contribution in [2.24, 2.45) is 0 Å². The quantitative estimate of drug-likeness (QED) is 0.819. The molecule has 1 heterocycles. The van der Waals surface area contributed by atoms with Crippen molar-refractivity contribution < 1.29 is 17.5 Å². The zero-order chi connectivity index (χ0) is 17.7. The average molecular weight is 364 g/mol. The molecular weight excluding hydrogens is 343 g/mol. The van der Waals surface area contributed by atoms with Crippen molar-refractivity contribution in [1.29, 1.82) is 0 Å². The number of halogens is 1. The summed E-state index contributed by atoms with van der Waals surface area (Å²) in [7, 11) is -3.51. The summed E-state index contributed by atoms with van der Waals surface area (Å²) in [5.41, 5.74) is 1.64. The summed E-state index contributed by atoms with van der Waals surface area (Å²) in [5.74, 6) is -0.108. The highest BCUT2D eigenvalue weighted by molar-refractivity contribution is 7.92. The molecule has 1 saturated heterocycles. The van der Waals surface area contributed by atoms with Gasteiger partial charge in [-0.25, -0.2) is 12.8 Å². The van der Waals surface area contributed by atoms with E-state index in [4.69, 9.17) is 4.74 Å². The third-order valence-electron chi connectivity index (χ3n) is 4.05. The molecule has 2 aromatic rings. The molecule has 1 aliphatic rings. The molecule has 0 unspecified atom stereocenters. The first-order valence-electron chi connectivity index (χ1n) is 8.26. The van der Waals surface area contributed by atoms with Crippen LogP contribution < -0.4 is 14.4 Å². The van der Waals surface area contributed by atoms with Crippen LogP contribution in [0.1, 0.15) is 12.8 Å². The van der Waals surface area contributed by atoms with Crippen molar-refractivity contribution in [2.75, 3.05) is 35.1 Å². The van der Waals surface area contributed by atoms with Crippen molar-refractivity contribution in [3.05, 3.63) is 54.3 Å². The molecule has 0 aromatic heterocycles. The van der Waals surface area contributed by atoms with E-state index in [1.807, 2.05) is 12.1 Å². The summed E-state index contributed by atoms with van der Waals surface area (Å²) < 4.78 is 44.9. The maximum atomic E-state index is 12.8. The van der Waals surface area contributed by atoms with Crippen molar-refractivity contribution in [3.63, 3.8) is 0 Å². The van der Waals surface area contributed by atoms with Gasteiger partial charge in [0, 0.05) is 24.5 Å². The summed E-state index contributed by atoms with van der Waals surface area (Å²) in [4.78, 5) is 2.29. The zero-order valence-electron chi connectivity index (χ0n) is 13.8. The monoisotopic (exact) mass is 364 g/mol. The number of ether oxygens (including phenoxy) is 1. The van der Waals surface area contributed by atoms with Crippen molar-refractivity contribution in [2.45, 2.75) is 12.8 Å². The fourth-order valence-corrected chi connectivity index (χ4v) is 3.65. The molecule has 5 nitrogen and oxygen atoms in total. The van der Waals surface area contributed by atoms with Crippen LogP contribution in [0.3, 0.4) is 0 Å². The lowest BCUT2D eigenvalue weighted by Crippen LogP contribution is -2.21.